The van der Waals surface area contributed by atoms with Crippen LogP contribution in [0.5, 0.6) is 0 Å². The molecule has 0 radical (unpaired) electrons. The Balaban J connectivity index is 1.93. The number of aromatic nitrogens is 1. The van der Waals surface area contributed by atoms with E-state index in [-0.39, 0.29) is 0 Å². The second-order valence-corrected chi connectivity index (χ2v) is 7.02. The summed E-state index contributed by atoms with van der Waals surface area (Å²) in [5.74, 6) is -0.597. The largest absolute Gasteiger partial charge is 0.212 e. The average Bonchev–Trinajstić information content (AvgIpc) is 2.94. The first-order valence-electron chi connectivity index (χ1n) is 9.07. The summed E-state index contributed by atoms with van der Waals surface area (Å²) in [7, 11) is 2.08. The molecule has 1 nitrogen and oxygen atoms in total. The zero-order valence-corrected chi connectivity index (χ0v) is 14.9. The molecule has 0 aliphatic heterocycles. The first-order chi connectivity index (χ1) is 11.9. The maximum absolute atomic E-state index is 8.37. The Labute approximate surface area is 146 Å². The third-order valence-electron chi connectivity index (χ3n) is 5.22. The molecular formula is C23H24N+. The van der Waals surface area contributed by atoms with Crippen molar-refractivity contribution in [2.75, 3.05) is 0 Å². The van der Waals surface area contributed by atoms with Crippen LogP contribution in [0, 0.1) is 6.92 Å². The van der Waals surface area contributed by atoms with Crippen LogP contribution >= 0.6 is 0 Å². The molecule has 0 amide bonds. The minimum absolute atomic E-state index is 0.597. The third-order valence-corrected chi connectivity index (χ3v) is 5.22. The minimum Gasteiger partial charge on any atom is -0.201 e. The quantitative estimate of drug-likeness (QED) is 0.449. The highest BCUT2D eigenvalue weighted by molar-refractivity contribution is 5.84. The van der Waals surface area contributed by atoms with Crippen LogP contribution in [0.4, 0.5) is 0 Å². The molecule has 1 aliphatic rings. The Bertz CT molecular complexity index is 980. The molecule has 1 aromatic heterocycles. The third kappa shape index (κ3) is 2.27. The summed E-state index contributed by atoms with van der Waals surface area (Å²) in [6.45, 7) is 6.12. The lowest BCUT2D eigenvalue weighted by Crippen LogP contribution is -2.31. The van der Waals surface area contributed by atoms with Crippen LogP contribution in [0.3, 0.4) is 0 Å². The van der Waals surface area contributed by atoms with Crippen molar-refractivity contribution in [3.8, 4) is 22.4 Å². The summed E-state index contributed by atoms with van der Waals surface area (Å²) in [6, 6.07) is 17.5. The first kappa shape index (κ1) is 14.0. The van der Waals surface area contributed by atoms with E-state index in [9.17, 15) is 0 Å². The normalized spacial score (nSPS) is 13.4. The summed E-state index contributed by atoms with van der Waals surface area (Å²) in [4.78, 5) is 0. The molecule has 1 heteroatoms. The van der Waals surface area contributed by atoms with E-state index in [0.29, 0.717) is 0 Å². The summed E-state index contributed by atoms with van der Waals surface area (Å²) in [5.41, 5.74) is 10.4. The molecule has 0 fully saturated rings. The van der Waals surface area contributed by atoms with Gasteiger partial charge in [0.15, 0.2) is 6.20 Å². The van der Waals surface area contributed by atoms with Crippen LogP contribution in [-0.2, 0) is 13.5 Å². The average molecular weight is 315 g/mol. The molecule has 0 N–H and O–H groups in total. The van der Waals surface area contributed by atoms with Gasteiger partial charge >= 0.3 is 0 Å². The Kier molecular flexibility index (Phi) is 3.26. The Hall–Kier alpha value is -2.41. The van der Waals surface area contributed by atoms with E-state index in [1.807, 2.05) is 13.8 Å². The molecule has 4 rings (SSSR count). The van der Waals surface area contributed by atoms with Crippen LogP contribution < -0.4 is 4.57 Å². The van der Waals surface area contributed by atoms with Gasteiger partial charge in [0.2, 0.25) is 5.69 Å². The van der Waals surface area contributed by atoms with Gasteiger partial charge in [-0.3, -0.25) is 0 Å². The van der Waals surface area contributed by atoms with E-state index in [1.165, 1.54) is 39.1 Å². The molecule has 0 bridgehead atoms. The molecule has 0 spiro atoms. The van der Waals surface area contributed by atoms with E-state index in [4.69, 9.17) is 1.37 Å². The van der Waals surface area contributed by atoms with E-state index in [2.05, 4.69) is 73.3 Å². The maximum Gasteiger partial charge on any atom is 0.212 e. The fourth-order valence-corrected chi connectivity index (χ4v) is 3.84. The monoisotopic (exact) mass is 315 g/mol. The van der Waals surface area contributed by atoms with E-state index in [0.717, 1.165) is 12.0 Å². The number of fused-ring (bicyclic) bond motifs is 3. The van der Waals surface area contributed by atoms with Crippen molar-refractivity contribution < 1.29 is 5.94 Å². The van der Waals surface area contributed by atoms with Gasteiger partial charge in [-0.25, -0.2) is 4.57 Å². The second kappa shape index (κ2) is 5.59. The van der Waals surface area contributed by atoms with Gasteiger partial charge in [0.05, 0.1) is 0 Å². The van der Waals surface area contributed by atoms with Crippen molar-refractivity contribution in [2.45, 2.75) is 33.1 Å². The number of rotatable bonds is 2. The lowest BCUT2D eigenvalue weighted by atomic mass is 9.93. The summed E-state index contributed by atoms with van der Waals surface area (Å²) in [6.07, 6.45) is 3.10. The van der Waals surface area contributed by atoms with E-state index in [1.54, 1.807) is 0 Å². The number of nitrogens with zero attached hydrogens (tertiary/aromatic N) is 1. The molecule has 0 saturated carbocycles. The van der Waals surface area contributed by atoms with Gasteiger partial charge in [0, 0.05) is 19.1 Å². The highest BCUT2D eigenvalue weighted by atomic mass is 14.9. The molecule has 0 unspecified atom stereocenters. The lowest BCUT2D eigenvalue weighted by molar-refractivity contribution is -0.660. The van der Waals surface area contributed by atoms with Crippen molar-refractivity contribution in [2.24, 2.45) is 7.05 Å². The van der Waals surface area contributed by atoms with Gasteiger partial charge in [-0.05, 0) is 58.7 Å². The van der Waals surface area contributed by atoms with Gasteiger partial charge in [0.25, 0.3) is 0 Å². The van der Waals surface area contributed by atoms with Crippen molar-refractivity contribution in [1.82, 2.24) is 0 Å². The summed E-state index contributed by atoms with van der Waals surface area (Å²) in [5, 5.41) is 0. The van der Waals surface area contributed by atoms with Gasteiger partial charge in [-0.1, -0.05) is 44.2 Å². The smallest absolute Gasteiger partial charge is 0.201 e. The number of pyridine rings is 1. The zero-order valence-electron chi connectivity index (χ0n) is 15.9. The zero-order chi connectivity index (χ0) is 17.8. The Morgan fingerprint density at radius 1 is 1.00 bits per heavy atom. The topological polar surface area (TPSA) is 3.88 Å². The van der Waals surface area contributed by atoms with Crippen LogP contribution in [0.25, 0.3) is 22.4 Å². The standard InChI is InChI=1S/C23H24N/c1-15(2)17-11-12-24(4)22(14-17)20-10-9-19-13-18-7-5-6-8-21(18)23(19)16(20)3/h5-12,14-15H,13H2,1-4H3/q+1/i15D. The molecule has 24 heavy (non-hydrogen) atoms. The van der Waals surface area contributed by atoms with Gasteiger partial charge in [0.1, 0.15) is 7.05 Å². The molecule has 1 aliphatic carbocycles. The fraction of sp³-hybridized carbons (Fsp3) is 0.261. The van der Waals surface area contributed by atoms with Crippen LogP contribution in [0.1, 0.15) is 43.4 Å². The van der Waals surface area contributed by atoms with E-state index >= 15 is 0 Å². The highest BCUT2D eigenvalue weighted by Crippen LogP contribution is 2.41. The SMILES string of the molecule is [2H]C(C)(C)c1cc[n+](C)c(-c2ccc3c(c2C)-c2ccccc2C3)c1. The van der Waals surface area contributed by atoms with Crippen molar-refractivity contribution >= 4 is 0 Å². The van der Waals surface area contributed by atoms with Crippen molar-refractivity contribution in [3.05, 3.63) is 77.0 Å². The number of benzene rings is 2. The van der Waals surface area contributed by atoms with Crippen LogP contribution in [-0.4, -0.2) is 0 Å². The molecule has 2 aromatic carbocycles. The molecule has 120 valence electrons. The molecule has 3 aromatic rings. The number of hydrogen-bond donors (Lipinski definition) is 0. The fourth-order valence-electron chi connectivity index (χ4n) is 3.84. The summed E-state index contributed by atoms with van der Waals surface area (Å²) < 4.78 is 10.5. The highest BCUT2D eigenvalue weighted by Gasteiger charge is 2.24. The predicted molar refractivity (Wildman–Crippen MR) is 100 cm³/mol. The summed E-state index contributed by atoms with van der Waals surface area (Å²) >= 11 is 0. The number of hydrogen-bond acceptors (Lipinski definition) is 0. The Morgan fingerprint density at radius 2 is 1.79 bits per heavy atom. The minimum atomic E-state index is -0.597. The maximum atomic E-state index is 8.37. The second-order valence-electron chi connectivity index (χ2n) is 7.02. The molecular weight excluding hydrogens is 290 g/mol. The number of aryl methyl sites for hydroxylation is 1. The molecule has 0 saturated heterocycles. The lowest BCUT2D eigenvalue weighted by Gasteiger charge is -2.12. The van der Waals surface area contributed by atoms with Crippen molar-refractivity contribution in [1.29, 1.82) is 0 Å². The van der Waals surface area contributed by atoms with E-state index < -0.39 is 5.89 Å². The van der Waals surface area contributed by atoms with Crippen molar-refractivity contribution in [3.63, 3.8) is 0 Å². The van der Waals surface area contributed by atoms with Gasteiger partial charge < -0.3 is 0 Å². The first-order valence-corrected chi connectivity index (χ1v) is 8.57. The predicted octanol–water partition coefficient (Wildman–Crippen LogP) is 5.18. The van der Waals surface area contributed by atoms with Crippen LogP contribution in [0.2, 0.25) is 0 Å². The van der Waals surface area contributed by atoms with Gasteiger partial charge in [-0.15, -0.1) is 0 Å². The Morgan fingerprint density at radius 3 is 2.58 bits per heavy atom. The molecule has 1 heterocycles. The van der Waals surface area contributed by atoms with Gasteiger partial charge in [-0.2, -0.15) is 0 Å². The van der Waals surface area contributed by atoms with Crippen LogP contribution in [0.15, 0.2) is 54.7 Å². The molecule has 0 atom stereocenters.